The van der Waals surface area contributed by atoms with Gasteiger partial charge >= 0.3 is 6.18 Å². The fourth-order valence-electron chi connectivity index (χ4n) is 1.90. The van der Waals surface area contributed by atoms with Gasteiger partial charge in [0.1, 0.15) is 5.01 Å². The number of aliphatic imine (C=N–C) groups is 1. The number of benzene rings is 1. The van der Waals surface area contributed by atoms with Crippen molar-refractivity contribution >= 4 is 23.0 Å². The van der Waals surface area contributed by atoms with Crippen LogP contribution >= 0.6 is 11.3 Å². The third-order valence-electron chi connectivity index (χ3n) is 2.72. The second kappa shape index (κ2) is 6.35. The second-order valence-electron chi connectivity index (χ2n) is 4.83. The number of hydrogen-bond donors (Lipinski definition) is 2. The van der Waals surface area contributed by atoms with Crippen LogP contribution in [-0.2, 0) is 12.7 Å². The van der Waals surface area contributed by atoms with Crippen molar-refractivity contribution in [2.75, 3.05) is 5.32 Å². The first-order chi connectivity index (χ1) is 10.2. The topological polar surface area (TPSA) is 63.3 Å². The highest BCUT2D eigenvalue weighted by Gasteiger charge is 2.33. The number of nitrogens with one attached hydrogen (secondary N) is 1. The predicted molar refractivity (Wildman–Crippen MR) is 82.0 cm³/mol. The number of nitrogens with zero attached hydrogens (tertiary/aromatic N) is 2. The van der Waals surface area contributed by atoms with Crippen molar-refractivity contribution in [2.24, 2.45) is 10.7 Å². The van der Waals surface area contributed by atoms with Gasteiger partial charge in [0, 0.05) is 11.1 Å². The molecule has 0 unspecified atom stereocenters. The van der Waals surface area contributed by atoms with Crippen molar-refractivity contribution in [3.63, 3.8) is 0 Å². The minimum absolute atomic E-state index is 0.00434. The number of hydrogen-bond acceptors (Lipinski definition) is 3. The summed E-state index contributed by atoms with van der Waals surface area (Å²) < 4.78 is 37.3. The molecule has 1 aromatic heterocycles. The maximum atomic E-state index is 12.4. The van der Waals surface area contributed by atoms with Crippen LogP contribution in [0.1, 0.15) is 21.8 Å². The van der Waals surface area contributed by atoms with Gasteiger partial charge in [0.15, 0.2) is 11.7 Å². The standard InChI is InChI=1S/C14H15F3N4S/c1-8-3-9(2)5-10(4-8)20-13(18)19-6-12-21-11(7-22-12)14(15,16)17/h3-5,7H,6H2,1-2H3,(H3,18,19,20). The summed E-state index contributed by atoms with van der Waals surface area (Å²) in [5, 5.41) is 4.15. The van der Waals surface area contributed by atoms with Crippen molar-refractivity contribution in [3.05, 3.63) is 45.4 Å². The smallest absolute Gasteiger partial charge is 0.370 e. The number of guanidine groups is 1. The van der Waals surface area contributed by atoms with Gasteiger partial charge < -0.3 is 11.1 Å². The van der Waals surface area contributed by atoms with Crippen molar-refractivity contribution < 1.29 is 13.2 Å². The molecule has 2 rings (SSSR count). The Morgan fingerprint density at radius 1 is 1.27 bits per heavy atom. The van der Waals surface area contributed by atoms with Crippen LogP contribution in [-0.4, -0.2) is 10.9 Å². The van der Waals surface area contributed by atoms with Crippen LogP contribution in [0.15, 0.2) is 28.6 Å². The molecule has 0 saturated heterocycles. The highest BCUT2D eigenvalue weighted by molar-refractivity contribution is 7.09. The van der Waals surface area contributed by atoms with Crippen molar-refractivity contribution in [1.82, 2.24) is 4.98 Å². The van der Waals surface area contributed by atoms with E-state index in [0.29, 0.717) is 0 Å². The largest absolute Gasteiger partial charge is 0.434 e. The fourth-order valence-corrected chi connectivity index (χ4v) is 2.62. The Bertz CT molecular complexity index is 671. The fraction of sp³-hybridized carbons (Fsp3) is 0.286. The van der Waals surface area contributed by atoms with Gasteiger partial charge in [-0.25, -0.2) is 9.98 Å². The molecular weight excluding hydrogens is 313 g/mol. The zero-order valence-corrected chi connectivity index (χ0v) is 12.8. The first kappa shape index (κ1) is 16.3. The second-order valence-corrected chi connectivity index (χ2v) is 5.77. The first-order valence-electron chi connectivity index (χ1n) is 6.41. The first-order valence-corrected chi connectivity index (χ1v) is 7.29. The van der Waals surface area contributed by atoms with Gasteiger partial charge in [-0.15, -0.1) is 11.3 Å². The van der Waals surface area contributed by atoms with Crippen molar-refractivity contribution in [3.8, 4) is 0 Å². The molecule has 0 atom stereocenters. The van der Waals surface area contributed by atoms with Gasteiger partial charge in [-0.3, -0.25) is 0 Å². The van der Waals surface area contributed by atoms with Gasteiger partial charge in [0.25, 0.3) is 0 Å². The molecule has 2 aromatic rings. The minimum atomic E-state index is -4.43. The molecule has 118 valence electrons. The summed E-state index contributed by atoms with van der Waals surface area (Å²) in [5.41, 5.74) is 7.77. The Morgan fingerprint density at radius 2 is 1.91 bits per heavy atom. The van der Waals surface area contributed by atoms with Crippen LogP contribution in [0.4, 0.5) is 18.9 Å². The molecule has 4 nitrogen and oxygen atoms in total. The van der Waals surface area contributed by atoms with E-state index in [1.165, 1.54) is 0 Å². The van der Waals surface area contributed by atoms with Crippen LogP contribution < -0.4 is 11.1 Å². The number of halogens is 3. The van der Waals surface area contributed by atoms with Gasteiger partial charge in [0.05, 0.1) is 6.54 Å². The van der Waals surface area contributed by atoms with E-state index in [9.17, 15) is 13.2 Å². The molecule has 1 heterocycles. The average Bonchev–Trinajstić information content (AvgIpc) is 2.83. The van der Waals surface area contributed by atoms with E-state index in [-0.39, 0.29) is 17.5 Å². The number of rotatable bonds is 3. The lowest BCUT2D eigenvalue weighted by molar-refractivity contribution is -0.140. The molecule has 1 aromatic carbocycles. The molecule has 0 aliphatic carbocycles. The molecule has 8 heteroatoms. The SMILES string of the molecule is Cc1cc(C)cc(NC(N)=NCc2nc(C(F)(F)F)cs2)c1. The van der Waals surface area contributed by atoms with Crippen LogP contribution in [0.25, 0.3) is 0 Å². The number of alkyl halides is 3. The van der Waals surface area contributed by atoms with Crippen molar-refractivity contribution in [1.29, 1.82) is 0 Å². The van der Waals surface area contributed by atoms with E-state index >= 15 is 0 Å². The highest BCUT2D eigenvalue weighted by Crippen LogP contribution is 2.30. The molecule has 3 N–H and O–H groups in total. The lowest BCUT2D eigenvalue weighted by Crippen LogP contribution is -2.22. The normalized spacial score (nSPS) is 12.5. The lowest BCUT2D eigenvalue weighted by Gasteiger charge is -2.07. The van der Waals surface area contributed by atoms with Crippen LogP contribution in [0.2, 0.25) is 0 Å². The number of aryl methyl sites for hydroxylation is 2. The third kappa shape index (κ3) is 4.45. The van der Waals surface area contributed by atoms with E-state index in [4.69, 9.17) is 5.73 Å². The van der Waals surface area contributed by atoms with E-state index in [0.717, 1.165) is 33.5 Å². The van der Waals surface area contributed by atoms with E-state index in [2.05, 4.69) is 15.3 Å². The Balaban J connectivity index is 2.02. The number of anilines is 1. The minimum Gasteiger partial charge on any atom is -0.370 e. The van der Waals surface area contributed by atoms with Crippen LogP contribution in [0.5, 0.6) is 0 Å². The molecule has 0 spiro atoms. The van der Waals surface area contributed by atoms with Gasteiger partial charge in [-0.05, 0) is 37.1 Å². The summed E-state index contributed by atoms with van der Waals surface area (Å²) in [7, 11) is 0. The molecule has 22 heavy (non-hydrogen) atoms. The van der Waals surface area contributed by atoms with E-state index in [1.807, 2.05) is 32.0 Å². The van der Waals surface area contributed by atoms with Gasteiger partial charge in [0.2, 0.25) is 0 Å². The van der Waals surface area contributed by atoms with Gasteiger partial charge in [-0.1, -0.05) is 6.07 Å². The Morgan fingerprint density at radius 3 is 2.45 bits per heavy atom. The summed E-state index contributed by atoms with van der Waals surface area (Å²) in [6.07, 6.45) is -4.43. The Labute approximate surface area is 129 Å². The van der Waals surface area contributed by atoms with Crippen LogP contribution in [0, 0.1) is 13.8 Å². The molecule has 0 aliphatic heterocycles. The molecule has 0 amide bonds. The van der Waals surface area contributed by atoms with E-state index < -0.39 is 11.9 Å². The third-order valence-corrected chi connectivity index (χ3v) is 3.55. The molecule has 0 saturated carbocycles. The maximum absolute atomic E-state index is 12.4. The van der Waals surface area contributed by atoms with E-state index in [1.54, 1.807) is 0 Å². The summed E-state index contributed by atoms with van der Waals surface area (Å²) in [5.74, 6) is 0.133. The summed E-state index contributed by atoms with van der Waals surface area (Å²) >= 11 is 0.908. The number of aromatic nitrogens is 1. The van der Waals surface area contributed by atoms with Crippen molar-refractivity contribution in [2.45, 2.75) is 26.6 Å². The van der Waals surface area contributed by atoms with Crippen LogP contribution in [0.3, 0.4) is 0 Å². The summed E-state index contributed by atoms with van der Waals surface area (Å²) in [6.45, 7) is 3.92. The number of nitrogens with two attached hydrogens (primary N) is 1. The zero-order valence-electron chi connectivity index (χ0n) is 12.0. The monoisotopic (exact) mass is 328 g/mol. The molecule has 0 fully saturated rings. The maximum Gasteiger partial charge on any atom is 0.434 e. The number of thiazole rings is 1. The Hall–Kier alpha value is -2.09. The summed E-state index contributed by atoms with van der Waals surface area (Å²) in [4.78, 5) is 7.50. The van der Waals surface area contributed by atoms with Gasteiger partial charge in [-0.2, -0.15) is 13.2 Å². The predicted octanol–water partition coefficient (Wildman–Crippen LogP) is 3.71. The lowest BCUT2D eigenvalue weighted by atomic mass is 10.1. The molecule has 0 radical (unpaired) electrons. The molecule has 0 aliphatic rings. The zero-order chi connectivity index (χ0) is 16.3. The quantitative estimate of drug-likeness (QED) is 0.667. The molecular formula is C14H15F3N4S. The molecule has 0 bridgehead atoms. The highest BCUT2D eigenvalue weighted by atomic mass is 32.1. The summed E-state index contributed by atoms with van der Waals surface area (Å²) in [6, 6.07) is 5.83. The average molecular weight is 328 g/mol. The Kier molecular flexibility index (Phi) is 4.70.